The van der Waals surface area contributed by atoms with Gasteiger partial charge >= 0.3 is 5.97 Å². The van der Waals surface area contributed by atoms with Crippen molar-refractivity contribution in [2.45, 2.75) is 13.3 Å². The van der Waals surface area contributed by atoms with Gasteiger partial charge in [0.2, 0.25) is 5.95 Å². The molecule has 0 radical (unpaired) electrons. The number of methoxy groups -OCH3 is 1. The standard InChI is InChI=1S/C21H22N4O3/c1-14-13-19(24-17-7-5-16(6-8-17)20(26)27)25-21(23-14)22-12-11-15-3-9-18(28-2)10-4-15/h3-10,13H,11-12H2,1-2H3,(H,26,27)(H2,22,23,24,25). The molecule has 1 heterocycles. The molecule has 0 spiro atoms. The second-order valence-corrected chi connectivity index (χ2v) is 6.25. The van der Waals surface area contributed by atoms with Gasteiger partial charge in [-0.05, 0) is 55.3 Å². The van der Waals surface area contributed by atoms with Crippen LogP contribution in [0.25, 0.3) is 0 Å². The Hall–Kier alpha value is -3.61. The van der Waals surface area contributed by atoms with Gasteiger partial charge in [0.05, 0.1) is 12.7 Å². The molecule has 3 aromatic rings. The van der Waals surface area contributed by atoms with Crippen molar-refractivity contribution in [1.29, 1.82) is 0 Å². The largest absolute Gasteiger partial charge is 0.497 e. The molecule has 0 saturated carbocycles. The van der Waals surface area contributed by atoms with Crippen LogP contribution in [0.3, 0.4) is 0 Å². The fraction of sp³-hybridized carbons (Fsp3) is 0.190. The number of aromatic nitrogens is 2. The van der Waals surface area contributed by atoms with Crippen molar-refractivity contribution in [3.8, 4) is 5.75 Å². The van der Waals surface area contributed by atoms with E-state index < -0.39 is 5.97 Å². The summed E-state index contributed by atoms with van der Waals surface area (Å²) in [7, 11) is 1.65. The molecule has 144 valence electrons. The van der Waals surface area contributed by atoms with Crippen LogP contribution in [0.5, 0.6) is 5.75 Å². The number of ether oxygens (including phenoxy) is 1. The van der Waals surface area contributed by atoms with E-state index in [0.717, 1.165) is 23.6 Å². The number of anilines is 3. The van der Waals surface area contributed by atoms with E-state index in [0.29, 0.717) is 18.3 Å². The highest BCUT2D eigenvalue weighted by Crippen LogP contribution is 2.18. The summed E-state index contributed by atoms with van der Waals surface area (Å²) in [4.78, 5) is 19.8. The first kappa shape index (κ1) is 19.2. The van der Waals surface area contributed by atoms with Crippen LogP contribution in [0.15, 0.2) is 54.6 Å². The van der Waals surface area contributed by atoms with Gasteiger partial charge in [-0.2, -0.15) is 4.98 Å². The quantitative estimate of drug-likeness (QED) is 0.547. The SMILES string of the molecule is COc1ccc(CCNc2nc(C)cc(Nc3ccc(C(=O)O)cc3)n2)cc1. The maximum Gasteiger partial charge on any atom is 0.335 e. The summed E-state index contributed by atoms with van der Waals surface area (Å²) in [6.45, 7) is 2.59. The van der Waals surface area contributed by atoms with Gasteiger partial charge in [0, 0.05) is 24.0 Å². The van der Waals surface area contributed by atoms with Crippen molar-refractivity contribution in [3.05, 3.63) is 71.4 Å². The number of nitrogens with zero attached hydrogens (tertiary/aromatic N) is 2. The van der Waals surface area contributed by atoms with Crippen LogP contribution in [0.4, 0.5) is 17.5 Å². The molecule has 0 unspecified atom stereocenters. The molecular formula is C21H22N4O3. The molecule has 2 aromatic carbocycles. The van der Waals surface area contributed by atoms with Gasteiger partial charge in [0.15, 0.2) is 0 Å². The lowest BCUT2D eigenvalue weighted by molar-refractivity contribution is 0.0697. The van der Waals surface area contributed by atoms with Gasteiger partial charge in [-0.1, -0.05) is 12.1 Å². The van der Waals surface area contributed by atoms with E-state index in [4.69, 9.17) is 9.84 Å². The zero-order valence-corrected chi connectivity index (χ0v) is 15.8. The van der Waals surface area contributed by atoms with Crippen LogP contribution in [0.1, 0.15) is 21.6 Å². The Morgan fingerprint density at radius 2 is 1.79 bits per heavy atom. The molecule has 0 atom stereocenters. The predicted octanol–water partition coefficient (Wildman–Crippen LogP) is 3.89. The second kappa shape index (κ2) is 8.85. The summed E-state index contributed by atoms with van der Waals surface area (Å²) >= 11 is 0. The van der Waals surface area contributed by atoms with Crippen molar-refractivity contribution >= 4 is 23.4 Å². The third kappa shape index (κ3) is 5.20. The Morgan fingerprint density at radius 1 is 1.07 bits per heavy atom. The van der Waals surface area contributed by atoms with Crippen molar-refractivity contribution in [2.24, 2.45) is 0 Å². The summed E-state index contributed by atoms with van der Waals surface area (Å²) in [5.74, 6) is 1.07. The third-order valence-electron chi connectivity index (χ3n) is 4.11. The van der Waals surface area contributed by atoms with E-state index in [-0.39, 0.29) is 5.56 Å². The number of hydrogen-bond acceptors (Lipinski definition) is 6. The number of carbonyl (C=O) groups is 1. The third-order valence-corrected chi connectivity index (χ3v) is 4.11. The lowest BCUT2D eigenvalue weighted by Gasteiger charge is -2.10. The Labute approximate surface area is 163 Å². The zero-order valence-electron chi connectivity index (χ0n) is 15.8. The lowest BCUT2D eigenvalue weighted by atomic mass is 10.1. The number of nitrogens with one attached hydrogen (secondary N) is 2. The number of hydrogen-bond donors (Lipinski definition) is 3. The minimum atomic E-state index is -0.951. The average Bonchev–Trinajstić information content (AvgIpc) is 2.68. The van der Waals surface area contributed by atoms with Crippen LogP contribution < -0.4 is 15.4 Å². The highest BCUT2D eigenvalue weighted by atomic mass is 16.5. The summed E-state index contributed by atoms with van der Waals surface area (Å²) in [5.41, 5.74) is 3.02. The summed E-state index contributed by atoms with van der Waals surface area (Å²) in [5, 5.41) is 15.4. The average molecular weight is 378 g/mol. The number of benzene rings is 2. The highest BCUT2D eigenvalue weighted by molar-refractivity contribution is 5.88. The molecule has 0 amide bonds. The monoisotopic (exact) mass is 378 g/mol. The Kier molecular flexibility index (Phi) is 6.06. The molecule has 1 aromatic heterocycles. The Morgan fingerprint density at radius 3 is 2.43 bits per heavy atom. The molecule has 0 saturated heterocycles. The van der Waals surface area contributed by atoms with Crippen molar-refractivity contribution in [2.75, 3.05) is 24.3 Å². The van der Waals surface area contributed by atoms with Crippen LogP contribution in [0, 0.1) is 6.92 Å². The minimum absolute atomic E-state index is 0.241. The van der Waals surface area contributed by atoms with Gasteiger partial charge in [0.1, 0.15) is 11.6 Å². The highest BCUT2D eigenvalue weighted by Gasteiger charge is 2.05. The second-order valence-electron chi connectivity index (χ2n) is 6.25. The maximum absolute atomic E-state index is 10.9. The summed E-state index contributed by atoms with van der Waals surface area (Å²) in [6, 6.07) is 16.3. The number of rotatable bonds is 8. The number of aromatic carboxylic acids is 1. The normalized spacial score (nSPS) is 10.4. The van der Waals surface area contributed by atoms with Crippen LogP contribution in [-0.4, -0.2) is 34.7 Å². The van der Waals surface area contributed by atoms with E-state index >= 15 is 0 Å². The van der Waals surface area contributed by atoms with Gasteiger partial charge < -0.3 is 20.5 Å². The molecule has 7 nitrogen and oxygen atoms in total. The van der Waals surface area contributed by atoms with E-state index in [2.05, 4.69) is 20.6 Å². The van der Waals surface area contributed by atoms with Gasteiger partial charge in [0.25, 0.3) is 0 Å². The molecule has 0 aliphatic carbocycles. The summed E-state index contributed by atoms with van der Waals surface area (Å²) in [6.07, 6.45) is 0.834. The van der Waals surface area contributed by atoms with E-state index in [1.165, 1.54) is 5.56 Å². The van der Waals surface area contributed by atoms with Gasteiger partial charge in [-0.3, -0.25) is 0 Å². The van der Waals surface area contributed by atoms with E-state index in [9.17, 15) is 4.79 Å². The number of aryl methyl sites for hydroxylation is 1. The molecule has 7 heteroatoms. The van der Waals surface area contributed by atoms with Crippen molar-refractivity contribution in [1.82, 2.24) is 9.97 Å². The smallest absolute Gasteiger partial charge is 0.335 e. The zero-order chi connectivity index (χ0) is 19.9. The molecule has 28 heavy (non-hydrogen) atoms. The first-order chi connectivity index (χ1) is 13.5. The van der Waals surface area contributed by atoms with Crippen LogP contribution in [-0.2, 0) is 6.42 Å². The molecule has 0 aliphatic heterocycles. The predicted molar refractivity (Wildman–Crippen MR) is 109 cm³/mol. The molecule has 0 aliphatic rings. The molecule has 3 N–H and O–H groups in total. The number of carboxylic acids is 1. The number of carboxylic acid groups (broad SMARTS) is 1. The molecule has 0 bridgehead atoms. The molecular weight excluding hydrogens is 356 g/mol. The fourth-order valence-electron chi connectivity index (χ4n) is 2.67. The maximum atomic E-state index is 10.9. The lowest BCUT2D eigenvalue weighted by Crippen LogP contribution is -2.09. The fourth-order valence-corrected chi connectivity index (χ4v) is 2.67. The topological polar surface area (TPSA) is 96.4 Å². The first-order valence-electron chi connectivity index (χ1n) is 8.86. The minimum Gasteiger partial charge on any atom is -0.497 e. The van der Waals surface area contributed by atoms with Gasteiger partial charge in [-0.25, -0.2) is 9.78 Å². The Balaban J connectivity index is 1.61. The van der Waals surface area contributed by atoms with Gasteiger partial charge in [-0.15, -0.1) is 0 Å². The van der Waals surface area contributed by atoms with Crippen LogP contribution in [0.2, 0.25) is 0 Å². The first-order valence-corrected chi connectivity index (χ1v) is 8.86. The Bertz CT molecular complexity index is 941. The summed E-state index contributed by atoms with van der Waals surface area (Å²) < 4.78 is 5.16. The van der Waals surface area contributed by atoms with Crippen molar-refractivity contribution < 1.29 is 14.6 Å². The molecule has 0 fully saturated rings. The van der Waals surface area contributed by atoms with E-state index in [1.807, 2.05) is 37.3 Å². The van der Waals surface area contributed by atoms with E-state index in [1.54, 1.807) is 31.4 Å². The molecule has 3 rings (SSSR count). The van der Waals surface area contributed by atoms with Crippen LogP contribution >= 0.6 is 0 Å². The van der Waals surface area contributed by atoms with Crippen molar-refractivity contribution in [3.63, 3.8) is 0 Å².